The van der Waals surface area contributed by atoms with Crippen LogP contribution in [0, 0.1) is 0 Å². The molecular weight excluding hydrogens is 242 g/mol. The van der Waals surface area contributed by atoms with Crippen molar-refractivity contribution in [1.29, 1.82) is 0 Å². The number of benzene rings is 1. The number of rotatable bonds is 2. The quantitative estimate of drug-likeness (QED) is 0.856. The molecule has 0 saturated heterocycles. The molecule has 0 atom stereocenters. The Hall–Kier alpha value is -0.480. The molecule has 1 N–H and O–H groups in total. The first kappa shape index (κ1) is 10.6. The molecule has 1 aromatic rings. The molecule has 0 amide bonds. The molecule has 0 bridgehead atoms. The van der Waals surface area contributed by atoms with E-state index in [4.69, 9.17) is 5.11 Å². The summed E-state index contributed by atoms with van der Waals surface area (Å²) in [5.74, 6) is -2.87. The highest BCUT2D eigenvalue weighted by Crippen LogP contribution is 2.30. The van der Waals surface area contributed by atoms with Crippen molar-refractivity contribution >= 4 is 15.9 Å². The second-order valence-electron chi connectivity index (χ2n) is 2.89. The lowest BCUT2D eigenvalue weighted by Crippen LogP contribution is -2.07. The molecule has 4 heteroatoms. The molecule has 0 aromatic heterocycles. The second kappa shape index (κ2) is 3.72. The molecule has 1 aromatic carbocycles. The van der Waals surface area contributed by atoms with Crippen LogP contribution in [-0.2, 0) is 12.5 Å². The summed E-state index contributed by atoms with van der Waals surface area (Å²) in [5.41, 5.74) is 0.386. The first-order chi connectivity index (χ1) is 5.93. The highest BCUT2D eigenvalue weighted by Gasteiger charge is 2.24. The summed E-state index contributed by atoms with van der Waals surface area (Å²) < 4.78 is 26.2. The van der Waals surface area contributed by atoms with E-state index in [0.717, 1.165) is 6.92 Å². The van der Waals surface area contributed by atoms with Gasteiger partial charge >= 0.3 is 0 Å². The summed E-state index contributed by atoms with van der Waals surface area (Å²) in [7, 11) is 0. The SMILES string of the molecule is CC(F)(F)c1cc(Br)cc(CO)c1. The highest BCUT2D eigenvalue weighted by atomic mass is 79.9. The molecule has 1 rings (SSSR count). The Morgan fingerprint density at radius 1 is 1.38 bits per heavy atom. The van der Waals surface area contributed by atoms with Gasteiger partial charge in [0, 0.05) is 17.0 Å². The number of hydrogen-bond acceptors (Lipinski definition) is 1. The van der Waals surface area contributed by atoms with Crippen molar-refractivity contribution in [2.75, 3.05) is 0 Å². The summed E-state index contributed by atoms with van der Waals surface area (Å²) in [5, 5.41) is 8.79. The van der Waals surface area contributed by atoms with E-state index in [9.17, 15) is 8.78 Å². The van der Waals surface area contributed by atoms with Crippen LogP contribution in [0.15, 0.2) is 22.7 Å². The average Bonchev–Trinajstić information content (AvgIpc) is 2.01. The first-order valence-corrected chi connectivity index (χ1v) is 4.51. The van der Waals surface area contributed by atoms with Gasteiger partial charge in [-0.1, -0.05) is 15.9 Å². The highest BCUT2D eigenvalue weighted by molar-refractivity contribution is 9.10. The van der Waals surface area contributed by atoms with Gasteiger partial charge in [-0.05, 0) is 23.8 Å². The molecule has 13 heavy (non-hydrogen) atoms. The average molecular weight is 251 g/mol. The van der Waals surface area contributed by atoms with E-state index in [1.807, 2.05) is 0 Å². The Morgan fingerprint density at radius 2 is 2.00 bits per heavy atom. The van der Waals surface area contributed by atoms with E-state index in [2.05, 4.69) is 15.9 Å². The summed E-state index contributed by atoms with van der Waals surface area (Å²) in [6.45, 7) is 0.596. The van der Waals surface area contributed by atoms with E-state index < -0.39 is 5.92 Å². The van der Waals surface area contributed by atoms with Gasteiger partial charge < -0.3 is 5.11 Å². The van der Waals surface area contributed by atoms with Gasteiger partial charge in [-0.2, -0.15) is 0 Å². The second-order valence-corrected chi connectivity index (χ2v) is 3.81. The van der Waals surface area contributed by atoms with Gasteiger partial charge in [0.15, 0.2) is 0 Å². The lowest BCUT2D eigenvalue weighted by atomic mass is 10.1. The fourth-order valence-electron chi connectivity index (χ4n) is 0.995. The molecule has 0 unspecified atom stereocenters. The van der Waals surface area contributed by atoms with Crippen LogP contribution in [0.2, 0.25) is 0 Å². The van der Waals surface area contributed by atoms with E-state index in [-0.39, 0.29) is 12.2 Å². The van der Waals surface area contributed by atoms with Crippen LogP contribution in [0.4, 0.5) is 8.78 Å². The molecule has 0 aliphatic carbocycles. The zero-order chi connectivity index (χ0) is 10.1. The Kier molecular flexibility index (Phi) is 3.03. The Bertz CT molecular complexity index is 307. The Labute approximate surface area is 83.5 Å². The molecule has 0 fully saturated rings. The van der Waals surface area contributed by atoms with Gasteiger partial charge in [-0.25, -0.2) is 8.78 Å². The van der Waals surface area contributed by atoms with E-state index >= 15 is 0 Å². The van der Waals surface area contributed by atoms with Crippen LogP contribution in [0.3, 0.4) is 0 Å². The summed E-state index contributed by atoms with van der Waals surface area (Å²) in [6, 6.07) is 4.25. The van der Waals surface area contributed by atoms with Gasteiger partial charge in [0.1, 0.15) is 0 Å². The summed E-state index contributed by atoms with van der Waals surface area (Å²) in [6.07, 6.45) is 0. The molecule has 1 nitrogen and oxygen atoms in total. The lowest BCUT2D eigenvalue weighted by molar-refractivity contribution is 0.0172. The van der Waals surface area contributed by atoms with Crippen molar-refractivity contribution in [2.24, 2.45) is 0 Å². The Balaban J connectivity index is 3.16. The molecular formula is C9H9BrF2O. The molecule has 0 heterocycles. The number of hydrogen-bond donors (Lipinski definition) is 1. The Morgan fingerprint density at radius 3 is 2.46 bits per heavy atom. The van der Waals surface area contributed by atoms with Crippen LogP contribution in [0.5, 0.6) is 0 Å². The van der Waals surface area contributed by atoms with Gasteiger partial charge in [-0.3, -0.25) is 0 Å². The third-order valence-electron chi connectivity index (χ3n) is 1.65. The summed E-state index contributed by atoms with van der Waals surface area (Å²) in [4.78, 5) is 0. The number of aliphatic hydroxyl groups is 1. The number of aliphatic hydroxyl groups excluding tert-OH is 1. The topological polar surface area (TPSA) is 20.2 Å². The van der Waals surface area contributed by atoms with Crippen molar-refractivity contribution in [3.63, 3.8) is 0 Å². The maximum Gasteiger partial charge on any atom is 0.270 e. The standard InChI is InChI=1S/C9H9BrF2O/c1-9(11,12)7-2-6(5-13)3-8(10)4-7/h2-4,13H,5H2,1H3. The number of alkyl halides is 2. The minimum atomic E-state index is -2.87. The van der Waals surface area contributed by atoms with Crippen LogP contribution in [-0.4, -0.2) is 5.11 Å². The van der Waals surface area contributed by atoms with Crippen molar-refractivity contribution in [3.05, 3.63) is 33.8 Å². The zero-order valence-corrected chi connectivity index (χ0v) is 8.61. The molecule has 0 radical (unpaired) electrons. The van der Waals surface area contributed by atoms with Crippen molar-refractivity contribution in [1.82, 2.24) is 0 Å². The molecule has 0 aliphatic heterocycles. The fraction of sp³-hybridized carbons (Fsp3) is 0.333. The smallest absolute Gasteiger partial charge is 0.270 e. The van der Waals surface area contributed by atoms with Crippen LogP contribution in [0.25, 0.3) is 0 Å². The maximum absolute atomic E-state index is 12.8. The number of halogens is 3. The van der Waals surface area contributed by atoms with Gasteiger partial charge in [0.05, 0.1) is 6.61 Å². The fourth-order valence-corrected chi connectivity index (χ4v) is 1.54. The van der Waals surface area contributed by atoms with E-state index in [0.29, 0.717) is 10.0 Å². The van der Waals surface area contributed by atoms with Gasteiger partial charge in [-0.15, -0.1) is 0 Å². The first-order valence-electron chi connectivity index (χ1n) is 3.72. The predicted molar refractivity (Wildman–Crippen MR) is 49.6 cm³/mol. The maximum atomic E-state index is 12.8. The van der Waals surface area contributed by atoms with Crippen LogP contribution >= 0.6 is 15.9 Å². The van der Waals surface area contributed by atoms with Crippen LogP contribution in [0.1, 0.15) is 18.1 Å². The molecule has 0 aliphatic rings. The van der Waals surface area contributed by atoms with Crippen molar-refractivity contribution in [3.8, 4) is 0 Å². The predicted octanol–water partition coefficient (Wildman–Crippen LogP) is 3.05. The monoisotopic (exact) mass is 250 g/mol. The van der Waals surface area contributed by atoms with Crippen molar-refractivity contribution < 1.29 is 13.9 Å². The third kappa shape index (κ3) is 2.74. The minimum absolute atomic E-state index is 0.0917. The molecule has 72 valence electrons. The zero-order valence-electron chi connectivity index (χ0n) is 7.02. The summed E-state index contributed by atoms with van der Waals surface area (Å²) >= 11 is 3.10. The molecule has 0 saturated carbocycles. The lowest BCUT2D eigenvalue weighted by Gasteiger charge is -2.12. The van der Waals surface area contributed by atoms with Crippen LogP contribution < -0.4 is 0 Å². The van der Waals surface area contributed by atoms with Crippen molar-refractivity contribution in [2.45, 2.75) is 19.5 Å². The largest absolute Gasteiger partial charge is 0.392 e. The third-order valence-corrected chi connectivity index (χ3v) is 2.10. The van der Waals surface area contributed by atoms with Gasteiger partial charge in [0.25, 0.3) is 5.92 Å². The normalized spacial score (nSPS) is 11.8. The molecule has 0 spiro atoms. The van der Waals surface area contributed by atoms with E-state index in [1.54, 1.807) is 6.07 Å². The van der Waals surface area contributed by atoms with Gasteiger partial charge in [0.2, 0.25) is 0 Å². The minimum Gasteiger partial charge on any atom is -0.392 e. The van der Waals surface area contributed by atoms with E-state index in [1.165, 1.54) is 12.1 Å².